The summed E-state index contributed by atoms with van der Waals surface area (Å²) in [5.74, 6) is 0.285. The van der Waals surface area contributed by atoms with Crippen molar-refractivity contribution in [3.63, 3.8) is 0 Å². The number of ether oxygens (including phenoxy) is 1. The monoisotopic (exact) mass is 282 g/mol. The van der Waals surface area contributed by atoms with Gasteiger partial charge in [0.1, 0.15) is 11.9 Å². The smallest absolute Gasteiger partial charge is 0.248 e. The van der Waals surface area contributed by atoms with Gasteiger partial charge in [0, 0.05) is 24.2 Å². The van der Waals surface area contributed by atoms with Gasteiger partial charge in [-0.1, -0.05) is 35.9 Å². The molecule has 1 atom stereocenters. The molecule has 4 heteroatoms. The summed E-state index contributed by atoms with van der Waals surface area (Å²) >= 11 is 0. The fraction of sp³-hybridized carbons (Fsp3) is 0.235. The van der Waals surface area contributed by atoms with Crippen LogP contribution in [0.4, 0.5) is 0 Å². The topological polar surface area (TPSA) is 64.3 Å². The van der Waals surface area contributed by atoms with Gasteiger partial charge in [-0.2, -0.15) is 0 Å². The van der Waals surface area contributed by atoms with E-state index in [2.05, 4.69) is 36.5 Å². The summed E-state index contributed by atoms with van der Waals surface area (Å²) in [7, 11) is 0. The number of nitrogens with two attached hydrogens (primary N) is 1. The first-order valence-electron chi connectivity index (χ1n) is 7.00. The number of primary amides is 1. The Kier molecular flexibility index (Phi) is 3.62. The van der Waals surface area contributed by atoms with E-state index in [-0.39, 0.29) is 6.10 Å². The van der Waals surface area contributed by atoms with Crippen LogP contribution >= 0.6 is 0 Å². The molecule has 0 fully saturated rings. The Morgan fingerprint density at radius 3 is 2.71 bits per heavy atom. The number of benzene rings is 2. The second-order valence-corrected chi connectivity index (χ2v) is 5.33. The van der Waals surface area contributed by atoms with Crippen LogP contribution in [0.25, 0.3) is 0 Å². The van der Waals surface area contributed by atoms with Crippen LogP contribution in [0.15, 0.2) is 42.5 Å². The molecule has 2 aromatic carbocycles. The molecule has 1 unspecified atom stereocenters. The van der Waals surface area contributed by atoms with Gasteiger partial charge in [-0.05, 0) is 24.6 Å². The molecular weight excluding hydrogens is 264 g/mol. The van der Waals surface area contributed by atoms with Gasteiger partial charge in [0.05, 0.1) is 0 Å². The molecule has 108 valence electrons. The molecule has 1 amide bonds. The van der Waals surface area contributed by atoms with Gasteiger partial charge in [-0.3, -0.25) is 4.79 Å². The molecule has 0 saturated heterocycles. The molecule has 0 spiro atoms. The number of carbonyl (C=O) groups is 1. The highest BCUT2D eigenvalue weighted by Gasteiger charge is 2.19. The van der Waals surface area contributed by atoms with Gasteiger partial charge < -0.3 is 15.8 Å². The van der Waals surface area contributed by atoms with Crippen LogP contribution < -0.4 is 15.8 Å². The molecule has 1 aliphatic heterocycles. The standard InChI is InChI=1S/C17H18N2O2/c1-11-2-4-12(5-3-11)16-10-19-9-14-7-6-13(17(18)20)8-15(14)21-16/h2-8,16,19H,9-10H2,1H3,(H2,18,20). The van der Waals surface area contributed by atoms with Crippen molar-refractivity contribution >= 4 is 5.91 Å². The van der Waals surface area contributed by atoms with Crippen molar-refractivity contribution in [3.8, 4) is 5.75 Å². The normalized spacial score (nSPS) is 17.5. The van der Waals surface area contributed by atoms with Crippen molar-refractivity contribution in [1.29, 1.82) is 0 Å². The summed E-state index contributed by atoms with van der Waals surface area (Å²) in [5.41, 5.74) is 9.18. The van der Waals surface area contributed by atoms with Gasteiger partial charge >= 0.3 is 0 Å². The van der Waals surface area contributed by atoms with E-state index >= 15 is 0 Å². The number of nitrogens with one attached hydrogen (secondary N) is 1. The van der Waals surface area contributed by atoms with Gasteiger partial charge in [-0.15, -0.1) is 0 Å². The van der Waals surface area contributed by atoms with Crippen molar-refractivity contribution in [3.05, 3.63) is 64.7 Å². The first-order valence-corrected chi connectivity index (χ1v) is 7.00. The molecule has 1 aliphatic rings. The molecule has 0 radical (unpaired) electrons. The van der Waals surface area contributed by atoms with E-state index in [4.69, 9.17) is 10.5 Å². The lowest BCUT2D eigenvalue weighted by Gasteiger charge is -2.18. The molecule has 0 saturated carbocycles. The number of rotatable bonds is 2. The number of aryl methyl sites for hydroxylation is 1. The summed E-state index contributed by atoms with van der Waals surface area (Å²) in [6, 6.07) is 13.6. The first kappa shape index (κ1) is 13.6. The molecule has 3 N–H and O–H groups in total. The molecule has 21 heavy (non-hydrogen) atoms. The molecule has 0 aliphatic carbocycles. The number of carbonyl (C=O) groups excluding carboxylic acids is 1. The summed E-state index contributed by atoms with van der Waals surface area (Å²) < 4.78 is 6.10. The Morgan fingerprint density at radius 1 is 1.24 bits per heavy atom. The maximum atomic E-state index is 11.3. The minimum absolute atomic E-state index is 0.0741. The van der Waals surface area contributed by atoms with E-state index in [1.54, 1.807) is 12.1 Å². The van der Waals surface area contributed by atoms with Crippen LogP contribution in [0.3, 0.4) is 0 Å². The third kappa shape index (κ3) is 2.90. The van der Waals surface area contributed by atoms with Gasteiger partial charge in [0.2, 0.25) is 5.91 Å². The maximum Gasteiger partial charge on any atom is 0.248 e. The number of hydrogen-bond acceptors (Lipinski definition) is 3. The highest BCUT2D eigenvalue weighted by molar-refractivity contribution is 5.93. The molecule has 4 nitrogen and oxygen atoms in total. The van der Waals surface area contributed by atoms with E-state index < -0.39 is 5.91 Å². The minimum atomic E-state index is -0.439. The average molecular weight is 282 g/mol. The zero-order valence-electron chi connectivity index (χ0n) is 11.9. The Labute approximate surface area is 123 Å². The number of hydrogen-bond donors (Lipinski definition) is 2. The molecular formula is C17H18N2O2. The third-order valence-corrected chi connectivity index (χ3v) is 3.72. The first-order chi connectivity index (χ1) is 10.1. The van der Waals surface area contributed by atoms with E-state index in [1.807, 2.05) is 6.07 Å². The van der Waals surface area contributed by atoms with Gasteiger partial charge in [-0.25, -0.2) is 0 Å². The van der Waals surface area contributed by atoms with E-state index in [1.165, 1.54) is 5.56 Å². The van der Waals surface area contributed by atoms with Crippen molar-refractivity contribution in [2.24, 2.45) is 5.73 Å². The van der Waals surface area contributed by atoms with E-state index in [9.17, 15) is 4.79 Å². The fourth-order valence-corrected chi connectivity index (χ4v) is 2.46. The molecule has 0 aromatic heterocycles. The molecule has 0 bridgehead atoms. The summed E-state index contributed by atoms with van der Waals surface area (Å²) in [6.07, 6.45) is -0.0741. The lowest BCUT2D eigenvalue weighted by molar-refractivity contribution is 0.0999. The van der Waals surface area contributed by atoms with Gasteiger partial charge in [0.25, 0.3) is 0 Å². The molecule has 3 rings (SSSR count). The minimum Gasteiger partial charge on any atom is -0.484 e. The Balaban J connectivity index is 1.92. The molecule has 1 heterocycles. The lowest BCUT2D eigenvalue weighted by atomic mass is 10.1. The summed E-state index contributed by atoms with van der Waals surface area (Å²) in [6.45, 7) is 3.50. The zero-order valence-corrected chi connectivity index (χ0v) is 11.9. The van der Waals surface area contributed by atoms with Gasteiger partial charge in [0.15, 0.2) is 0 Å². The number of fused-ring (bicyclic) bond motifs is 1. The van der Waals surface area contributed by atoms with Crippen molar-refractivity contribution in [1.82, 2.24) is 5.32 Å². The highest BCUT2D eigenvalue weighted by Crippen LogP contribution is 2.29. The second kappa shape index (κ2) is 5.58. The predicted molar refractivity (Wildman–Crippen MR) is 81.2 cm³/mol. The quantitative estimate of drug-likeness (QED) is 0.888. The highest BCUT2D eigenvalue weighted by atomic mass is 16.5. The second-order valence-electron chi connectivity index (χ2n) is 5.33. The average Bonchev–Trinajstić information content (AvgIpc) is 2.69. The van der Waals surface area contributed by atoms with Crippen LogP contribution in [0.1, 0.15) is 33.2 Å². The van der Waals surface area contributed by atoms with Crippen LogP contribution in [0.5, 0.6) is 5.75 Å². The van der Waals surface area contributed by atoms with Crippen LogP contribution in [0.2, 0.25) is 0 Å². The van der Waals surface area contributed by atoms with E-state index in [0.717, 1.165) is 30.0 Å². The third-order valence-electron chi connectivity index (χ3n) is 3.72. The molecule has 2 aromatic rings. The number of amides is 1. The van der Waals surface area contributed by atoms with Crippen LogP contribution in [-0.2, 0) is 6.54 Å². The Hall–Kier alpha value is -2.33. The van der Waals surface area contributed by atoms with E-state index in [0.29, 0.717) is 5.56 Å². The van der Waals surface area contributed by atoms with Crippen LogP contribution in [0, 0.1) is 6.92 Å². The fourth-order valence-electron chi connectivity index (χ4n) is 2.46. The lowest BCUT2D eigenvalue weighted by Crippen LogP contribution is -2.21. The largest absolute Gasteiger partial charge is 0.484 e. The van der Waals surface area contributed by atoms with Crippen LogP contribution in [-0.4, -0.2) is 12.5 Å². The van der Waals surface area contributed by atoms with Crippen molar-refractivity contribution in [2.45, 2.75) is 19.6 Å². The van der Waals surface area contributed by atoms with Crippen molar-refractivity contribution in [2.75, 3.05) is 6.54 Å². The summed E-state index contributed by atoms with van der Waals surface area (Å²) in [4.78, 5) is 11.3. The predicted octanol–water partition coefficient (Wildman–Crippen LogP) is 2.32. The SMILES string of the molecule is Cc1ccc(C2CNCc3ccc(C(N)=O)cc3O2)cc1. The maximum absolute atomic E-state index is 11.3. The van der Waals surface area contributed by atoms with Crippen molar-refractivity contribution < 1.29 is 9.53 Å². The zero-order chi connectivity index (χ0) is 14.8. The Morgan fingerprint density at radius 2 is 2.00 bits per heavy atom. The summed E-state index contributed by atoms with van der Waals surface area (Å²) in [5, 5.41) is 3.37. The Bertz CT molecular complexity index is 665.